The molecule has 0 atom stereocenters. The number of hydrogen-bond acceptors (Lipinski definition) is 3. The van der Waals surface area contributed by atoms with Crippen LogP contribution in [0.4, 0.5) is 15.8 Å². The first-order valence-electron chi connectivity index (χ1n) is 12.7. The number of carbonyl (C=O) groups excluding carboxylic acids is 2. The van der Waals surface area contributed by atoms with Gasteiger partial charge in [-0.25, -0.2) is 4.39 Å². The third-order valence-corrected chi connectivity index (χ3v) is 6.25. The van der Waals surface area contributed by atoms with Gasteiger partial charge >= 0.3 is 0 Å². The summed E-state index contributed by atoms with van der Waals surface area (Å²) in [6, 6.07) is 11.9. The van der Waals surface area contributed by atoms with Crippen molar-refractivity contribution in [2.45, 2.75) is 40.5 Å². The van der Waals surface area contributed by atoms with Crippen LogP contribution in [0.15, 0.2) is 76.9 Å². The van der Waals surface area contributed by atoms with Crippen molar-refractivity contribution in [3.63, 3.8) is 0 Å². The summed E-state index contributed by atoms with van der Waals surface area (Å²) in [5.41, 5.74) is 4.00. The van der Waals surface area contributed by atoms with Crippen molar-refractivity contribution < 1.29 is 14.0 Å². The predicted molar refractivity (Wildman–Crippen MR) is 156 cm³/mol. The van der Waals surface area contributed by atoms with E-state index < -0.39 is 5.41 Å². The lowest BCUT2D eigenvalue weighted by Gasteiger charge is -2.19. The summed E-state index contributed by atoms with van der Waals surface area (Å²) in [4.78, 5) is 25.7. The molecule has 3 rings (SSSR count). The van der Waals surface area contributed by atoms with Gasteiger partial charge in [-0.15, -0.1) is 0 Å². The Morgan fingerprint density at radius 1 is 1.03 bits per heavy atom. The van der Waals surface area contributed by atoms with Gasteiger partial charge in [0.15, 0.2) is 0 Å². The van der Waals surface area contributed by atoms with Gasteiger partial charge in [-0.3, -0.25) is 9.59 Å². The molecule has 1 aliphatic rings. The van der Waals surface area contributed by atoms with Gasteiger partial charge in [0, 0.05) is 41.3 Å². The summed E-state index contributed by atoms with van der Waals surface area (Å²) >= 11 is 6.54. The molecule has 2 amide bonds. The SMILES string of the molecule is CCNc1ccc(NC(=O)C2=C(Cl)C/C=C\CC(CNC(=O)C(C)(C)C)=C2)cc1/C=C/c1ccc(F)cc1. The first-order valence-corrected chi connectivity index (χ1v) is 13.1. The summed E-state index contributed by atoms with van der Waals surface area (Å²) in [5.74, 6) is -0.672. The average Bonchev–Trinajstić information content (AvgIpc) is 2.86. The zero-order valence-corrected chi connectivity index (χ0v) is 23.1. The Balaban J connectivity index is 1.83. The Morgan fingerprint density at radius 3 is 2.42 bits per heavy atom. The van der Waals surface area contributed by atoms with Gasteiger partial charge in [-0.1, -0.05) is 68.8 Å². The second kappa shape index (κ2) is 13.2. The number of rotatable bonds is 8. The van der Waals surface area contributed by atoms with Crippen molar-refractivity contribution in [2.24, 2.45) is 5.41 Å². The van der Waals surface area contributed by atoms with Crippen molar-refractivity contribution in [1.82, 2.24) is 5.32 Å². The molecule has 0 heterocycles. The molecule has 0 unspecified atom stereocenters. The van der Waals surface area contributed by atoms with Crippen LogP contribution in [0.25, 0.3) is 12.2 Å². The molecule has 1 aliphatic carbocycles. The first kappa shape index (κ1) is 28.9. The fourth-order valence-electron chi connectivity index (χ4n) is 3.73. The van der Waals surface area contributed by atoms with Crippen LogP contribution < -0.4 is 16.0 Å². The van der Waals surface area contributed by atoms with Crippen LogP contribution in [0.3, 0.4) is 0 Å². The summed E-state index contributed by atoms with van der Waals surface area (Å²) in [7, 11) is 0. The third-order valence-electron chi connectivity index (χ3n) is 5.89. The summed E-state index contributed by atoms with van der Waals surface area (Å²) < 4.78 is 13.3. The smallest absolute Gasteiger partial charge is 0.256 e. The number of anilines is 2. The number of hydrogen-bond donors (Lipinski definition) is 3. The van der Waals surface area contributed by atoms with Gasteiger partial charge in [0.2, 0.25) is 5.91 Å². The number of carbonyl (C=O) groups is 2. The van der Waals surface area contributed by atoms with Crippen molar-refractivity contribution in [1.29, 1.82) is 0 Å². The van der Waals surface area contributed by atoms with Gasteiger partial charge in [-0.2, -0.15) is 0 Å². The van der Waals surface area contributed by atoms with Crippen LogP contribution in [-0.4, -0.2) is 24.9 Å². The Morgan fingerprint density at radius 2 is 1.74 bits per heavy atom. The van der Waals surface area contributed by atoms with Gasteiger partial charge in [0.05, 0.1) is 5.57 Å². The highest BCUT2D eigenvalue weighted by Gasteiger charge is 2.21. The van der Waals surface area contributed by atoms with Gasteiger partial charge < -0.3 is 16.0 Å². The zero-order chi connectivity index (χ0) is 27.7. The van der Waals surface area contributed by atoms with E-state index in [4.69, 9.17) is 11.6 Å². The molecule has 0 fully saturated rings. The van der Waals surface area contributed by atoms with E-state index >= 15 is 0 Å². The number of halogens is 2. The molecule has 0 saturated carbocycles. The average molecular weight is 536 g/mol. The van der Waals surface area contributed by atoms with E-state index in [0.717, 1.165) is 28.9 Å². The fraction of sp³-hybridized carbons (Fsp3) is 0.290. The molecular weight excluding hydrogens is 501 g/mol. The topological polar surface area (TPSA) is 70.2 Å². The fourth-order valence-corrected chi connectivity index (χ4v) is 3.96. The van der Waals surface area contributed by atoms with Gasteiger partial charge in [0.25, 0.3) is 5.91 Å². The zero-order valence-electron chi connectivity index (χ0n) is 22.3. The van der Waals surface area contributed by atoms with Gasteiger partial charge in [-0.05, 0) is 66.5 Å². The van der Waals surface area contributed by atoms with Crippen LogP contribution in [0, 0.1) is 11.2 Å². The van der Waals surface area contributed by atoms with E-state index in [9.17, 15) is 14.0 Å². The minimum atomic E-state index is -0.507. The quantitative estimate of drug-likeness (QED) is 0.245. The van der Waals surface area contributed by atoms with E-state index in [0.29, 0.717) is 35.7 Å². The second-order valence-corrected chi connectivity index (χ2v) is 10.6. The van der Waals surface area contributed by atoms with E-state index in [1.807, 2.05) is 70.2 Å². The van der Waals surface area contributed by atoms with Crippen LogP contribution in [0.1, 0.15) is 51.7 Å². The first-order chi connectivity index (χ1) is 18.1. The third kappa shape index (κ3) is 8.45. The van der Waals surface area contributed by atoms with Crippen LogP contribution >= 0.6 is 11.6 Å². The lowest BCUT2D eigenvalue weighted by Crippen LogP contribution is -2.36. The largest absolute Gasteiger partial charge is 0.385 e. The minimum absolute atomic E-state index is 0.0625. The Labute approximate surface area is 229 Å². The molecule has 38 heavy (non-hydrogen) atoms. The van der Waals surface area contributed by atoms with E-state index in [1.165, 1.54) is 12.1 Å². The summed E-state index contributed by atoms with van der Waals surface area (Å²) in [5, 5.41) is 9.66. The van der Waals surface area contributed by atoms with Crippen molar-refractivity contribution in [3.05, 3.63) is 93.8 Å². The lowest BCUT2D eigenvalue weighted by molar-refractivity contribution is -0.128. The monoisotopic (exact) mass is 535 g/mol. The molecule has 2 aromatic rings. The molecule has 5 nitrogen and oxygen atoms in total. The van der Waals surface area contributed by atoms with E-state index in [2.05, 4.69) is 16.0 Å². The molecule has 0 radical (unpaired) electrons. The normalized spacial score (nSPS) is 14.9. The predicted octanol–water partition coefficient (Wildman–Crippen LogP) is 7.30. The number of allylic oxidation sites excluding steroid dienone is 3. The molecule has 0 aromatic heterocycles. The Hall–Kier alpha value is -3.64. The van der Waals surface area contributed by atoms with E-state index in [-0.39, 0.29) is 17.6 Å². The Kier molecular flexibility index (Phi) is 10.1. The molecule has 7 heteroatoms. The summed E-state index contributed by atoms with van der Waals surface area (Å²) in [6.07, 6.45) is 10.6. The Bertz CT molecular complexity index is 1290. The highest BCUT2D eigenvalue weighted by Crippen LogP contribution is 2.26. The molecule has 0 saturated heterocycles. The summed E-state index contributed by atoms with van der Waals surface area (Å²) in [6.45, 7) is 8.64. The number of nitrogens with one attached hydrogen (secondary N) is 3. The molecular formula is C31H35ClFN3O2. The van der Waals surface area contributed by atoms with E-state index in [1.54, 1.807) is 18.2 Å². The standard InChI is InChI=1S/C31H35ClFN3O2/c1-5-34-28-17-16-25(19-23(28)13-10-21-11-14-24(33)15-12-21)36-29(37)26-18-22(8-6-7-9-27(26)32)20-35-30(38)31(2,3)4/h6-7,10-19,34H,5,8-9,20H2,1-4H3,(H,35,38)(H,36,37)/b7-6-,13-10+,22-18?,27-26?. The second-order valence-electron chi connectivity index (χ2n) is 10.1. The molecule has 3 N–H and O–H groups in total. The molecule has 0 spiro atoms. The molecule has 2 aromatic carbocycles. The lowest BCUT2D eigenvalue weighted by atomic mass is 9.95. The van der Waals surface area contributed by atoms with Crippen LogP contribution in [-0.2, 0) is 9.59 Å². The highest BCUT2D eigenvalue weighted by molar-refractivity contribution is 6.33. The van der Waals surface area contributed by atoms with Gasteiger partial charge in [0.1, 0.15) is 5.82 Å². The molecule has 0 aliphatic heterocycles. The molecule has 0 bridgehead atoms. The number of benzene rings is 2. The van der Waals surface area contributed by atoms with Crippen molar-refractivity contribution >= 4 is 46.9 Å². The maximum Gasteiger partial charge on any atom is 0.256 e. The maximum atomic E-state index is 13.3. The van der Waals surface area contributed by atoms with Crippen LogP contribution in [0.2, 0.25) is 0 Å². The highest BCUT2D eigenvalue weighted by atomic mass is 35.5. The molecule has 200 valence electrons. The van der Waals surface area contributed by atoms with Crippen molar-refractivity contribution in [2.75, 3.05) is 23.7 Å². The van der Waals surface area contributed by atoms with Crippen molar-refractivity contribution in [3.8, 4) is 0 Å². The number of amides is 2. The van der Waals surface area contributed by atoms with Crippen LogP contribution in [0.5, 0.6) is 0 Å². The maximum absolute atomic E-state index is 13.3. The minimum Gasteiger partial charge on any atom is -0.385 e.